The van der Waals surface area contributed by atoms with Crippen LogP contribution in [0.2, 0.25) is 10.0 Å². The number of hydrogen-bond acceptors (Lipinski definition) is 3. The predicted octanol–water partition coefficient (Wildman–Crippen LogP) is 3.77. The number of benzene rings is 2. The van der Waals surface area contributed by atoms with Crippen molar-refractivity contribution in [2.24, 2.45) is 5.10 Å². The summed E-state index contributed by atoms with van der Waals surface area (Å²) in [6, 6.07) is 11.9. The highest BCUT2D eigenvalue weighted by Gasteiger charge is 2.09. The number of halogens is 2. The quantitative estimate of drug-likeness (QED) is 0.688. The summed E-state index contributed by atoms with van der Waals surface area (Å²) in [6.45, 7) is 0. The average Bonchev–Trinajstić information content (AvgIpc) is 2.47. The molecule has 0 aliphatic rings. The minimum atomic E-state index is -0.407. The van der Waals surface area contributed by atoms with Crippen molar-refractivity contribution in [2.45, 2.75) is 0 Å². The maximum Gasteiger partial charge on any atom is 0.272 e. The third-order valence-corrected chi connectivity index (χ3v) is 3.20. The molecule has 2 aromatic carbocycles. The van der Waals surface area contributed by atoms with Gasteiger partial charge >= 0.3 is 0 Å². The van der Waals surface area contributed by atoms with Gasteiger partial charge in [-0.15, -0.1) is 0 Å². The topological polar surface area (TPSA) is 50.7 Å². The average molecular weight is 323 g/mol. The summed E-state index contributed by atoms with van der Waals surface area (Å²) in [5.41, 5.74) is 3.52. The fourth-order valence-electron chi connectivity index (χ4n) is 1.62. The Bertz CT molecular complexity index is 687. The zero-order valence-corrected chi connectivity index (χ0v) is 12.7. The Balaban J connectivity index is 2.04. The predicted molar refractivity (Wildman–Crippen MR) is 84.5 cm³/mol. The van der Waals surface area contributed by atoms with Crippen molar-refractivity contribution < 1.29 is 9.53 Å². The van der Waals surface area contributed by atoms with E-state index in [2.05, 4.69) is 10.5 Å². The summed E-state index contributed by atoms with van der Waals surface area (Å²) in [5, 5.41) is 4.63. The molecule has 0 aliphatic carbocycles. The van der Waals surface area contributed by atoms with Gasteiger partial charge in [0.25, 0.3) is 5.91 Å². The Kier molecular flexibility index (Phi) is 5.20. The number of methoxy groups -OCH3 is 1. The molecular formula is C15H12Cl2N2O2. The molecule has 0 bridgehead atoms. The fraction of sp³-hybridized carbons (Fsp3) is 0.0667. The number of amides is 1. The summed E-state index contributed by atoms with van der Waals surface area (Å²) in [4.78, 5) is 11.9. The second-order valence-electron chi connectivity index (χ2n) is 4.10. The maximum atomic E-state index is 11.9. The minimum Gasteiger partial charge on any atom is -0.497 e. The number of carbonyl (C=O) groups is 1. The van der Waals surface area contributed by atoms with Gasteiger partial charge in [-0.1, -0.05) is 35.3 Å². The highest BCUT2D eigenvalue weighted by atomic mass is 35.5. The molecule has 0 spiro atoms. The number of hydrogen-bond donors (Lipinski definition) is 1. The van der Waals surface area contributed by atoms with Gasteiger partial charge < -0.3 is 4.74 Å². The van der Waals surface area contributed by atoms with Crippen LogP contribution in [-0.2, 0) is 0 Å². The van der Waals surface area contributed by atoms with Crippen LogP contribution in [0.1, 0.15) is 15.9 Å². The van der Waals surface area contributed by atoms with Gasteiger partial charge in [0.05, 0.1) is 23.9 Å². The van der Waals surface area contributed by atoms with Crippen molar-refractivity contribution in [3.05, 3.63) is 63.6 Å². The van der Waals surface area contributed by atoms with Crippen LogP contribution in [0.4, 0.5) is 0 Å². The molecule has 4 nitrogen and oxygen atoms in total. The van der Waals surface area contributed by atoms with Crippen molar-refractivity contribution in [1.82, 2.24) is 5.43 Å². The van der Waals surface area contributed by atoms with E-state index in [1.165, 1.54) is 12.3 Å². The maximum absolute atomic E-state index is 11.9. The Morgan fingerprint density at radius 2 is 2.05 bits per heavy atom. The molecule has 0 unspecified atom stereocenters. The molecular weight excluding hydrogens is 311 g/mol. The standard InChI is InChI=1S/C15H12Cl2N2O2/c1-21-12-4-2-3-10(7-12)9-18-19-15(20)13-6-5-11(16)8-14(13)17/h2-9H,1H3,(H,19,20)/b18-9+. The molecule has 2 aromatic rings. The van der Waals surface area contributed by atoms with Gasteiger partial charge in [-0.05, 0) is 35.9 Å². The van der Waals surface area contributed by atoms with Gasteiger partial charge in [-0.3, -0.25) is 4.79 Å². The van der Waals surface area contributed by atoms with Crippen molar-refractivity contribution in [3.8, 4) is 5.75 Å². The number of ether oxygens (including phenoxy) is 1. The number of nitrogens with zero attached hydrogens (tertiary/aromatic N) is 1. The third-order valence-electron chi connectivity index (χ3n) is 2.65. The van der Waals surface area contributed by atoms with Gasteiger partial charge in [-0.2, -0.15) is 5.10 Å². The van der Waals surface area contributed by atoms with E-state index in [1.54, 1.807) is 25.3 Å². The lowest BCUT2D eigenvalue weighted by Crippen LogP contribution is -2.18. The van der Waals surface area contributed by atoms with E-state index >= 15 is 0 Å². The molecule has 0 saturated heterocycles. The molecule has 0 heterocycles. The second-order valence-corrected chi connectivity index (χ2v) is 4.94. The van der Waals surface area contributed by atoms with E-state index in [-0.39, 0.29) is 5.02 Å². The van der Waals surface area contributed by atoms with E-state index in [1.807, 2.05) is 18.2 Å². The number of hydrazone groups is 1. The summed E-state index contributed by atoms with van der Waals surface area (Å²) in [5.74, 6) is 0.307. The Labute approximate surface area is 132 Å². The first-order valence-electron chi connectivity index (χ1n) is 6.02. The summed E-state index contributed by atoms with van der Waals surface area (Å²) in [6.07, 6.45) is 1.52. The lowest BCUT2D eigenvalue weighted by atomic mass is 10.2. The van der Waals surface area contributed by atoms with E-state index < -0.39 is 5.91 Å². The smallest absolute Gasteiger partial charge is 0.272 e. The molecule has 0 radical (unpaired) electrons. The van der Waals surface area contributed by atoms with Crippen LogP contribution >= 0.6 is 23.2 Å². The van der Waals surface area contributed by atoms with Crippen LogP contribution in [-0.4, -0.2) is 19.2 Å². The molecule has 1 N–H and O–H groups in total. The molecule has 108 valence electrons. The number of nitrogens with one attached hydrogen (secondary N) is 1. The zero-order chi connectivity index (χ0) is 15.2. The molecule has 0 aliphatic heterocycles. The van der Waals surface area contributed by atoms with E-state index in [0.717, 1.165) is 5.56 Å². The first-order valence-corrected chi connectivity index (χ1v) is 6.78. The number of rotatable bonds is 4. The van der Waals surface area contributed by atoms with Crippen molar-refractivity contribution in [3.63, 3.8) is 0 Å². The van der Waals surface area contributed by atoms with E-state index in [4.69, 9.17) is 27.9 Å². The summed E-state index contributed by atoms with van der Waals surface area (Å²) >= 11 is 11.7. The SMILES string of the molecule is COc1cccc(/C=N/NC(=O)c2ccc(Cl)cc2Cl)c1. The molecule has 0 fully saturated rings. The monoisotopic (exact) mass is 322 g/mol. The molecule has 0 aromatic heterocycles. The van der Waals surface area contributed by atoms with Crippen molar-refractivity contribution in [1.29, 1.82) is 0 Å². The van der Waals surface area contributed by atoms with E-state index in [0.29, 0.717) is 16.3 Å². The van der Waals surface area contributed by atoms with Crippen LogP contribution in [0.15, 0.2) is 47.6 Å². The molecule has 2 rings (SSSR count). The molecule has 6 heteroatoms. The van der Waals surface area contributed by atoms with E-state index in [9.17, 15) is 4.79 Å². The van der Waals surface area contributed by atoms with Gasteiger partial charge in [-0.25, -0.2) is 5.43 Å². The molecule has 0 atom stereocenters. The Hall–Kier alpha value is -2.04. The zero-order valence-electron chi connectivity index (χ0n) is 11.1. The van der Waals surface area contributed by atoms with Crippen molar-refractivity contribution >= 4 is 35.3 Å². The fourth-order valence-corrected chi connectivity index (χ4v) is 2.12. The van der Waals surface area contributed by atoms with Gasteiger partial charge in [0.15, 0.2) is 0 Å². The summed E-state index contributed by atoms with van der Waals surface area (Å²) in [7, 11) is 1.58. The minimum absolute atomic E-state index is 0.275. The highest BCUT2D eigenvalue weighted by molar-refractivity contribution is 6.36. The van der Waals surface area contributed by atoms with Crippen LogP contribution in [0, 0.1) is 0 Å². The Morgan fingerprint density at radius 3 is 2.76 bits per heavy atom. The van der Waals surface area contributed by atoms with Gasteiger partial charge in [0.2, 0.25) is 0 Å². The first-order chi connectivity index (χ1) is 10.1. The second kappa shape index (κ2) is 7.11. The van der Waals surface area contributed by atoms with Crippen molar-refractivity contribution in [2.75, 3.05) is 7.11 Å². The molecule has 21 heavy (non-hydrogen) atoms. The van der Waals surface area contributed by atoms with Crippen LogP contribution in [0.25, 0.3) is 0 Å². The van der Waals surface area contributed by atoms with Gasteiger partial charge in [0.1, 0.15) is 5.75 Å². The number of carbonyl (C=O) groups excluding carboxylic acids is 1. The molecule has 1 amide bonds. The third kappa shape index (κ3) is 4.21. The van der Waals surface area contributed by atoms with Crippen LogP contribution in [0.3, 0.4) is 0 Å². The van der Waals surface area contributed by atoms with Gasteiger partial charge in [0, 0.05) is 5.02 Å². The van der Waals surface area contributed by atoms with Crippen LogP contribution < -0.4 is 10.2 Å². The normalized spacial score (nSPS) is 10.6. The molecule has 0 saturated carbocycles. The Morgan fingerprint density at radius 1 is 1.24 bits per heavy atom. The largest absolute Gasteiger partial charge is 0.497 e. The lowest BCUT2D eigenvalue weighted by Gasteiger charge is -2.03. The first kappa shape index (κ1) is 15.4. The van der Waals surface area contributed by atoms with Crippen LogP contribution in [0.5, 0.6) is 5.75 Å². The summed E-state index contributed by atoms with van der Waals surface area (Å²) < 4.78 is 5.10. The lowest BCUT2D eigenvalue weighted by molar-refractivity contribution is 0.0955. The highest BCUT2D eigenvalue weighted by Crippen LogP contribution is 2.20.